The zero-order valence-corrected chi connectivity index (χ0v) is 14.2. The van der Waals surface area contributed by atoms with Crippen LogP contribution in [0.5, 0.6) is 11.5 Å². The van der Waals surface area contributed by atoms with Crippen LogP contribution in [0.2, 0.25) is 0 Å². The Labute approximate surface area is 137 Å². The number of rotatable bonds is 8. The Morgan fingerprint density at radius 1 is 1.23 bits per heavy atom. The largest absolute Gasteiger partial charge is 0.493 e. The lowest BCUT2D eigenvalue weighted by Crippen LogP contribution is -2.34. The smallest absolute Gasteiger partial charge is 0.228 e. The second-order valence-electron chi connectivity index (χ2n) is 4.84. The van der Waals surface area contributed by atoms with Crippen LogP contribution in [0.25, 0.3) is 0 Å². The Balaban J connectivity index is 0.00000441. The van der Waals surface area contributed by atoms with Gasteiger partial charge < -0.3 is 25.3 Å². The van der Waals surface area contributed by atoms with E-state index >= 15 is 0 Å². The standard InChI is InChI=1S/C15H24N2O4.ClH/c1-10(11(2)16)15(18)17-12-5-6-13(20-4)14(9-12)21-8-7-19-3;/h5-6,9-11H,7-8,16H2,1-4H3,(H,17,18);1H. The fourth-order valence-corrected chi connectivity index (χ4v) is 1.60. The number of nitrogens with two attached hydrogens (primary N) is 1. The molecule has 0 radical (unpaired) electrons. The maximum absolute atomic E-state index is 12.0. The molecular weight excluding hydrogens is 308 g/mol. The lowest BCUT2D eigenvalue weighted by atomic mass is 10.0. The van der Waals surface area contributed by atoms with E-state index in [2.05, 4.69) is 5.32 Å². The monoisotopic (exact) mass is 332 g/mol. The molecule has 0 spiro atoms. The van der Waals surface area contributed by atoms with Crippen LogP contribution in [0.3, 0.4) is 0 Å². The summed E-state index contributed by atoms with van der Waals surface area (Å²) < 4.78 is 15.7. The summed E-state index contributed by atoms with van der Waals surface area (Å²) in [4.78, 5) is 12.0. The molecule has 3 N–H and O–H groups in total. The summed E-state index contributed by atoms with van der Waals surface area (Å²) in [5, 5.41) is 2.82. The summed E-state index contributed by atoms with van der Waals surface area (Å²) in [6.07, 6.45) is 0. The minimum atomic E-state index is -0.273. The highest BCUT2D eigenvalue weighted by molar-refractivity contribution is 5.93. The predicted molar refractivity (Wildman–Crippen MR) is 89.1 cm³/mol. The molecule has 0 aromatic heterocycles. The van der Waals surface area contributed by atoms with Crippen LogP contribution in [0.1, 0.15) is 13.8 Å². The number of anilines is 1. The van der Waals surface area contributed by atoms with E-state index < -0.39 is 0 Å². The average molecular weight is 333 g/mol. The van der Waals surface area contributed by atoms with Gasteiger partial charge in [-0.1, -0.05) is 6.92 Å². The number of benzene rings is 1. The topological polar surface area (TPSA) is 82.8 Å². The number of halogens is 1. The van der Waals surface area contributed by atoms with Crippen molar-refractivity contribution in [1.82, 2.24) is 0 Å². The summed E-state index contributed by atoms with van der Waals surface area (Å²) in [7, 11) is 3.17. The number of carbonyl (C=O) groups excluding carboxylic acids is 1. The second kappa shape index (κ2) is 10.3. The van der Waals surface area contributed by atoms with Gasteiger partial charge in [0.25, 0.3) is 0 Å². The van der Waals surface area contributed by atoms with E-state index in [9.17, 15) is 4.79 Å². The van der Waals surface area contributed by atoms with E-state index in [4.69, 9.17) is 19.9 Å². The summed E-state index contributed by atoms with van der Waals surface area (Å²) in [5.41, 5.74) is 6.37. The molecule has 0 heterocycles. The van der Waals surface area contributed by atoms with Crippen molar-refractivity contribution in [3.63, 3.8) is 0 Å². The van der Waals surface area contributed by atoms with Crippen LogP contribution in [0, 0.1) is 5.92 Å². The maximum atomic E-state index is 12.0. The first kappa shape index (κ1) is 20.5. The number of hydrogen-bond acceptors (Lipinski definition) is 5. The van der Waals surface area contributed by atoms with Gasteiger partial charge in [-0.15, -0.1) is 12.4 Å². The Kier molecular flexibility index (Phi) is 9.56. The quantitative estimate of drug-likeness (QED) is 0.712. The lowest BCUT2D eigenvalue weighted by Gasteiger charge is -2.17. The third-order valence-corrected chi connectivity index (χ3v) is 3.18. The van der Waals surface area contributed by atoms with Gasteiger partial charge in [0.15, 0.2) is 11.5 Å². The summed E-state index contributed by atoms with van der Waals surface area (Å²) in [6.45, 7) is 4.47. The van der Waals surface area contributed by atoms with Gasteiger partial charge >= 0.3 is 0 Å². The van der Waals surface area contributed by atoms with Crippen molar-refractivity contribution < 1.29 is 19.0 Å². The molecule has 2 unspecified atom stereocenters. The summed E-state index contributed by atoms with van der Waals surface area (Å²) in [5.74, 6) is 0.758. The van der Waals surface area contributed by atoms with E-state index in [1.54, 1.807) is 46.3 Å². The van der Waals surface area contributed by atoms with E-state index in [0.29, 0.717) is 30.4 Å². The van der Waals surface area contributed by atoms with Crippen molar-refractivity contribution in [1.29, 1.82) is 0 Å². The first-order chi connectivity index (χ1) is 9.99. The van der Waals surface area contributed by atoms with Gasteiger partial charge in [0, 0.05) is 24.9 Å². The Morgan fingerprint density at radius 3 is 2.45 bits per heavy atom. The summed E-state index contributed by atoms with van der Waals surface area (Å²) in [6, 6.07) is 5.02. The van der Waals surface area contributed by atoms with Crippen LogP contribution in [-0.2, 0) is 9.53 Å². The Morgan fingerprint density at radius 2 is 1.91 bits per heavy atom. The zero-order chi connectivity index (χ0) is 15.8. The molecule has 0 fully saturated rings. The molecule has 7 heteroatoms. The van der Waals surface area contributed by atoms with E-state index in [1.807, 2.05) is 0 Å². The second-order valence-corrected chi connectivity index (χ2v) is 4.84. The Bertz CT molecular complexity index is 469. The first-order valence-electron chi connectivity index (χ1n) is 6.85. The van der Waals surface area contributed by atoms with E-state index in [1.165, 1.54) is 0 Å². The molecule has 0 aliphatic carbocycles. The third-order valence-electron chi connectivity index (χ3n) is 3.18. The lowest BCUT2D eigenvalue weighted by molar-refractivity contribution is -0.119. The minimum absolute atomic E-state index is 0. The highest BCUT2D eigenvalue weighted by Crippen LogP contribution is 2.30. The van der Waals surface area contributed by atoms with Crippen LogP contribution in [0.15, 0.2) is 18.2 Å². The fraction of sp³-hybridized carbons (Fsp3) is 0.533. The molecular formula is C15H25ClN2O4. The van der Waals surface area contributed by atoms with Gasteiger partial charge in [-0.2, -0.15) is 0 Å². The van der Waals surface area contributed by atoms with Crippen LogP contribution in [0.4, 0.5) is 5.69 Å². The minimum Gasteiger partial charge on any atom is -0.493 e. The van der Waals surface area contributed by atoms with E-state index in [-0.39, 0.29) is 30.3 Å². The number of ether oxygens (including phenoxy) is 3. The van der Waals surface area contributed by atoms with Gasteiger partial charge in [0.1, 0.15) is 6.61 Å². The van der Waals surface area contributed by atoms with Crippen LogP contribution < -0.4 is 20.5 Å². The van der Waals surface area contributed by atoms with E-state index in [0.717, 1.165) is 0 Å². The zero-order valence-electron chi connectivity index (χ0n) is 13.4. The number of nitrogens with one attached hydrogen (secondary N) is 1. The molecule has 1 aromatic carbocycles. The van der Waals surface area contributed by atoms with Crippen molar-refractivity contribution in [2.45, 2.75) is 19.9 Å². The molecule has 6 nitrogen and oxygen atoms in total. The van der Waals surface area contributed by atoms with Crippen LogP contribution in [-0.4, -0.2) is 39.4 Å². The molecule has 0 saturated heterocycles. The molecule has 0 saturated carbocycles. The summed E-state index contributed by atoms with van der Waals surface area (Å²) >= 11 is 0. The number of hydrogen-bond donors (Lipinski definition) is 2. The number of carbonyl (C=O) groups is 1. The normalized spacial score (nSPS) is 12.8. The SMILES string of the molecule is COCCOc1cc(NC(=O)C(C)C(C)N)ccc1OC.Cl. The molecule has 1 rings (SSSR count). The molecule has 0 bridgehead atoms. The average Bonchev–Trinajstić information content (AvgIpc) is 2.46. The predicted octanol–water partition coefficient (Wildman–Crippen LogP) is 2.06. The van der Waals surface area contributed by atoms with Crippen molar-refractivity contribution in [3.8, 4) is 11.5 Å². The van der Waals surface area contributed by atoms with Crippen LogP contribution >= 0.6 is 12.4 Å². The fourth-order valence-electron chi connectivity index (χ4n) is 1.60. The first-order valence-corrected chi connectivity index (χ1v) is 6.85. The van der Waals surface area contributed by atoms with Crippen molar-refractivity contribution in [2.24, 2.45) is 11.7 Å². The van der Waals surface area contributed by atoms with Crippen molar-refractivity contribution >= 4 is 24.0 Å². The van der Waals surface area contributed by atoms with Gasteiger partial charge in [-0.05, 0) is 19.1 Å². The number of amides is 1. The van der Waals surface area contributed by atoms with Gasteiger partial charge in [0.05, 0.1) is 19.6 Å². The number of methoxy groups -OCH3 is 2. The maximum Gasteiger partial charge on any atom is 0.228 e. The molecule has 126 valence electrons. The van der Waals surface area contributed by atoms with Crippen molar-refractivity contribution in [2.75, 3.05) is 32.8 Å². The molecule has 22 heavy (non-hydrogen) atoms. The van der Waals surface area contributed by atoms with Crippen molar-refractivity contribution in [3.05, 3.63) is 18.2 Å². The molecule has 0 aliphatic rings. The van der Waals surface area contributed by atoms with Gasteiger partial charge in [-0.25, -0.2) is 0 Å². The highest BCUT2D eigenvalue weighted by atomic mass is 35.5. The molecule has 1 aromatic rings. The Hall–Kier alpha value is -1.50. The molecule has 2 atom stereocenters. The third kappa shape index (κ3) is 6.09. The molecule has 0 aliphatic heterocycles. The van der Waals surface area contributed by atoms with Gasteiger partial charge in [0.2, 0.25) is 5.91 Å². The van der Waals surface area contributed by atoms with Gasteiger partial charge in [-0.3, -0.25) is 4.79 Å². The highest BCUT2D eigenvalue weighted by Gasteiger charge is 2.17. The molecule has 1 amide bonds.